The number of aromatic nitrogens is 1. The average molecular weight is 182 g/mol. The summed E-state index contributed by atoms with van der Waals surface area (Å²) in [5.74, 6) is 2.87. The van der Waals surface area contributed by atoms with Crippen LogP contribution in [0.2, 0.25) is 0 Å². The molecule has 0 aromatic carbocycles. The molecule has 1 aromatic heterocycles. The molecule has 0 amide bonds. The fourth-order valence-electron chi connectivity index (χ4n) is 0.919. The summed E-state index contributed by atoms with van der Waals surface area (Å²) in [5, 5.41) is 0. The number of hydrogen-bond donors (Lipinski definition) is 1. The lowest BCUT2D eigenvalue weighted by molar-refractivity contribution is 1.10. The summed E-state index contributed by atoms with van der Waals surface area (Å²) >= 11 is 1.93. The van der Waals surface area contributed by atoms with Gasteiger partial charge in [0.25, 0.3) is 0 Å². The molecule has 0 aliphatic heterocycles. The molecule has 2 N–H and O–H groups in total. The van der Waals surface area contributed by atoms with Gasteiger partial charge in [-0.15, -0.1) is 0 Å². The molecule has 0 unspecified atom stereocenters. The topological polar surface area (TPSA) is 38.9 Å². The molecule has 2 nitrogen and oxygen atoms in total. The van der Waals surface area contributed by atoms with Crippen LogP contribution in [0.25, 0.3) is 0 Å². The minimum Gasteiger partial charge on any atom is -0.384 e. The SMILES string of the molecule is CCCSCc1ccnc(N)c1. The van der Waals surface area contributed by atoms with E-state index in [1.165, 1.54) is 17.7 Å². The van der Waals surface area contributed by atoms with Gasteiger partial charge in [0, 0.05) is 11.9 Å². The Morgan fingerprint density at radius 3 is 3.08 bits per heavy atom. The Hall–Kier alpha value is -0.700. The number of hydrogen-bond acceptors (Lipinski definition) is 3. The Morgan fingerprint density at radius 2 is 2.42 bits per heavy atom. The number of anilines is 1. The van der Waals surface area contributed by atoms with Crippen molar-refractivity contribution in [3.05, 3.63) is 23.9 Å². The molecule has 12 heavy (non-hydrogen) atoms. The van der Waals surface area contributed by atoms with E-state index in [0.717, 1.165) is 5.75 Å². The van der Waals surface area contributed by atoms with Gasteiger partial charge in [0.05, 0.1) is 0 Å². The van der Waals surface area contributed by atoms with Gasteiger partial charge in [-0.1, -0.05) is 6.92 Å². The molecule has 0 spiro atoms. The van der Waals surface area contributed by atoms with Crippen molar-refractivity contribution in [2.45, 2.75) is 19.1 Å². The van der Waals surface area contributed by atoms with Crippen LogP contribution in [0.4, 0.5) is 5.82 Å². The van der Waals surface area contributed by atoms with E-state index in [9.17, 15) is 0 Å². The molecule has 1 heterocycles. The highest BCUT2D eigenvalue weighted by Gasteiger charge is 1.93. The third-order valence-corrected chi connectivity index (χ3v) is 2.70. The molecule has 0 bridgehead atoms. The smallest absolute Gasteiger partial charge is 0.123 e. The second-order valence-corrected chi connectivity index (χ2v) is 3.75. The predicted octanol–water partition coefficient (Wildman–Crippen LogP) is 2.31. The van der Waals surface area contributed by atoms with Gasteiger partial charge in [0.2, 0.25) is 0 Å². The Kier molecular flexibility index (Phi) is 3.94. The molecule has 0 fully saturated rings. The van der Waals surface area contributed by atoms with Crippen LogP contribution in [0, 0.1) is 0 Å². The van der Waals surface area contributed by atoms with Crippen LogP contribution in [0.15, 0.2) is 18.3 Å². The maximum Gasteiger partial charge on any atom is 0.123 e. The molecule has 0 atom stereocenters. The molecule has 3 heteroatoms. The first-order chi connectivity index (χ1) is 5.83. The molecule has 1 aromatic rings. The van der Waals surface area contributed by atoms with Crippen molar-refractivity contribution >= 4 is 17.6 Å². The van der Waals surface area contributed by atoms with Crippen molar-refractivity contribution in [2.75, 3.05) is 11.5 Å². The van der Waals surface area contributed by atoms with Gasteiger partial charge in [-0.2, -0.15) is 11.8 Å². The first kappa shape index (κ1) is 9.39. The number of pyridine rings is 1. The Labute approximate surface area is 77.6 Å². The summed E-state index contributed by atoms with van der Waals surface area (Å²) in [6.45, 7) is 2.19. The third-order valence-electron chi connectivity index (χ3n) is 1.46. The van der Waals surface area contributed by atoms with E-state index >= 15 is 0 Å². The fraction of sp³-hybridized carbons (Fsp3) is 0.444. The van der Waals surface area contributed by atoms with Crippen molar-refractivity contribution in [3.63, 3.8) is 0 Å². The van der Waals surface area contributed by atoms with E-state index in [1.807, 2.05) is 23.9 Å². The molecular formula is C9H14N2S. The van der Waals surface area contributed by atoms with E-state index in [0.29, 0.717) is 5.82 Å². The third kappa shape index (κ3) is 3.13. The second-order valence-electron chi connectivity index (χ2n) is 2.64. The van der Waals surface area contributed by atoms with Gasteiger partial charge >= 0.3 is 0 Å². The van der Waals surface area contributed by atoms with Gasteiger partial charge in [-0.3, -0.25) is 0 Å². The van der Waals surface area contributed by atoms with E-state index in [-0.39, 0.29) is 0 Å². The monoisotopic (exact) mass is 182 g/mol. The Balaban J connectivity index is 2.41. The minimum absolute atomic E-state index is 0.615. The van der Waals surface area contributed by atoms with Gasteiger partial charge in [-0.25, -0.2) is 4.98 Å². The normalized spacial score (nSPS) is 10.1. The van der Waals surface area contributed by atoms with Crippen molar-refractivity contribution in [3.8, 4) is 0 Å². The van der Waals surface area contributed by atoms with Crippen molar-refractivity contribution < 1.29 is 0 Å². The number of nitrogens with two attached hydrogens (primary N) is 1. The molecule has 0 aliphatic rings. The summed E-state index contributed by atoms with van der Waals surface area (Å²) < 4.78 is 0. The van der Waals surface area contributed by atoms with Crippen molar-refractivity contribution in [2.24, 2.45) is 0 Å². The molecule has 0 aliphatic carbocycles. The highest BCUT2D eigenvalue weighted by atomic mass is 32.2. The number of thioether (sulfide) groups is 1. The first-order valence-corrected chi connectivity index (χ1v) is 5.26. The van der Waals surface area contributed by atoms with Gasteiger partial charge in [0.15, 0.2) is 0 Å². The van der Waals surface area contributed by atoms with Crippen molar-refractivity contribution in [1.29, 1.82) is 0 Å². The summed E-state index contributed by atoms with van der Waals surface area (Å²) in [4.78, 5) is 3.94. The van der Waals surface area contributed by atoms with E-state index in [1.54, 1.807) is 6.20 Å². The summed E-state index contributed by atoms with van der Waals surface area (Å²) in [7, 11) is 0. The summed E-state index contributed by atoms with van der Waals surface area (Å²) in [6.07, 6.45) is 2.99. The van der Waals surface area contributed by atoms with Gasteiger partial charge in [-0.05, 0) is 29.9 Å². The average Bonchev–Trinajstić information content (AvgIpc) is 2.05. The maximum absolute atomic E-state index is 5.54. The number of nitrogen functional groups attached to an aromatic ring is 1. The standard InChI is InChI=1S/C9H14N2S/c1-2-5-12-7-8-3-4-11-9(10)6-8/h3-4,6H,2,5,7H2,1H3,(H2,10,11). The molecule has 0 saturated carbocycles. The largest absolute Gasteiger partial charge is 0.384 e. The lowest BCUT2D eigenvalue weighted by Gasteiger charge is -2.00. The van der Waals surface area contributed by atoms with Crippen LogP contribution in [0.1, 0.15) is 18.9 Å². The lowest BCUT2D eigenvalue weighted by Crippen LogP contribution is -1.91. The van der Waals surface area contributed by atoms with Crippen LogP contribution in [0.5, 0.6) is 0 Å². The van der Waals surface area contributed by atoms with Gasteiger partial charge in [0.1, 0.15) is 5.82 Å². The Bertz CT molecular complexity index is 238. The molecule has 66 valence electrons. The Morgan fingerprint density at radius 1 is 1.58 bits per heavy atom. The number of rotatable bonds is 4. The molecule has 0 radical (unpaired) electrons. The van der Waals surface area contributed by atoms with Crippen LogP contribution in [0.3, 0.4) is 0 Å². The minimum atomic E-state index is 0.615. The maximum atomic E-state index is 5.54. The zero-order valence-corrected chi connectivity index (χ0v) is 8.10. The summed E-state index contributed by atoms with van der Waals surface area (Å²) in [5.41, 5.74) is 6.81. The van der Waals surface area contributed by atoms with E-state index in [2.05, 4.69) is 11.9 Å². The first-order valence-electron chi connectivity index (χ1n) is 4.11. The zero-order chi connectivity index (χ0) is 8.81. The van der Waals surface area contributed by atoms with Crippen LogP contribution >= 0.6 is 11.8 Å². The highest BCUT2D eigenvalue weighted by Crippen LogP contribution is 2.13. The van der Waals surface area contributed by atoms with Crippen molar-refractivity contribution in [1.82, 2.24) is 4.98 Å². The lowest BCUT2D eigenvalue weighted by atomic mass is 10.3. The molecular weight excluding hydrogens is 168 g/mol. The van der Waals surface area contributed by atoms with E-state index < -0.39 is 0 Å². The van der Waals surface area contributed by atoms with Crippen LogP contribution in [-0.4, -0.2) is 10.7 Å². The predicted molar refractivity (Wildman–Crippen MR) is 55.1 cm³/mol. The zero-order valence-electron chi connectivity index (χ0n) is 7.29. The summed E-state index contributed by atoms with van der Waals surface area (Å²) in [6, 6.07) is 3.95. The molecule has 1 rings (SSSR count). The molecule has 0 saturated heterocycles. The van der Waals surface area contributed by atoms with Crippen LogP contribution in [-0.2, 0) is 5.75 Å². The quantitative estimate of drug-likeness (QED) is 0.726. The second kappa shape index (κ2) is 5.04. The van der Waals surface area contributed by atoms with Gasteiger partial charge < -0.3 is 5.73 Å². The van der Waals surface area contributed by atoms with Crippen LogP contribution < -0.4 is 5.73 Å². The highest BCUT2D eigenvalue weighted by molar-refractivity contribution is 7.98. The van der Waals surface area contributed by atoms with E-state index in [4.69, 9.17) is 5.73 Å². The fourth-order valence-corrected chi connectivity index (χ4v) is 1.77. The number of nitrogens with zero attached hydrogens (tertiary/aromatic N) is 1.